The summed E-state index contributed by atoms with van der Waals surface area (Å²) in [6.45, 7) is 3.58. The van der Waals surface area contributed by atoms with Gasteiger partial charge < -0.3 is 15.2 Å². The zero-order valence-corrected chi connectivity index (χ0v) is 12.7. The number of pyridine rings is 1. The Morgan fingerprint density at radius 3 is 3.14 bits per heavy atom. The number of carbonyl (C=O) groups is 1. The molecule has 3 rings (SSSR count). The van der Waals surface area contributed by atoms with Gasteiger partial charge in [-0.3, -0.25) is 4.79 Å². The largest absolute Gasteiger partial charge is 0.396 e. The average molecular weight is 303 g/mol. The number of aliphatic hydroxyl groups is 1. The number of ether oxygens (including phenoxy) is 1. The fourth-order valence-electron chi connectivity index (χ4n) is 2.92. The first-order chi connectivity index (χ1) is 10.7. The summed E-state index contributed by atoms with van der Waals surface area (Å²) in [6.07, 6.45) is 3.35. The van der Waals surface area contributed by atoms with E-state index in [1.807, 2.05) is 25.1 Å². The fraction of sp³-hybridized carbons (Fsp3) is 0.500. The van der Waals surface area contributed by atoms with Crippen LogP contribution in [0.3, 0.4) is 0 Å². The lowest BCUT2D eigenvalue weighted by molar-refractivity contribution is -0.0361. The monoisotopic (exact) mass is 303 g/mol. The van der Waals surface area contributed by atoms with Gasteiger partial charge in [-0.15, -0.1) is 0 Å². The van der Waals surface area contributed by atoms with E-state index in [4.69, 9.17) is 4.74 Å². The smallest absolute Gasteiger partial charge is 0.255 e. The number of carbonyl (C=O) groups excluding carboxylic acids is 1. The molecule has 2 aromatic rings. The summed E-state index contributed by atoms with van der Waals surface area (Å²) >= 11 is 0. The van der Waals surface area contributed by atoms with Gasteiger partial charge >= 0.3 is 0 Å². The predicted molar refractivity (Wildman–Crippen MR) is 81.8 cm³/mol. The second kappa shape index (κ2) is 6.06. The van der Waals surface area contributed by atoms with Gasteiger partial charge in [0.25, 0.3) is 5.91 Å². The molecule has 2 N–H and O–H groups in total. The summed E-state index contributed by atoms with van der Waals surface area (Å²) < 4.78 is 7.21. The SMILES string of the molecule is Cc1cccc2c(C(=O)NCC3(CO)CCCOC3)cnn12. The van der Waals surface area contributed by atoms with Crippen molar-refractivity contribution in [3.8, 4) is 0 Å². The van der Waals surface area contributed by atoms with Crippen molar-refractivity contribution >= 4 is 11.4 Å². The minimum absolute atomic E-state index is 0.0150. The molecule has 1 atom stereocenters. The summed E-state index contributed by atoms with van der Waals surface area (Å²) in [6, 6.07) is 5.73. The maximum atomic E-state index is 12.4. The molecular weight excluding hydrogens is 282 g/mol. The van der Waals surface area contributed by atoms with E-state index in [1.54, 1.807) is 10.7 Å². The number of nitrogens with one attached hydrogen (secondary N) is 1. The van der Waals surface area contributed by atoms with Crippen molar-refractivity contribution in [3.05, 3.63) is 35.7 Å². The van der Waals surface area contributed by atoms with E-state index < -0.39 is 0 Å². The third-order valence-electron chi connectivity index (χ3n) is 4.34. The molecule has 0 saturated carbocycles. The predicted octanol–water partition coefficient (Wildman–Crippen LogP) is 1.16. The Labute approximate surface area is 129 Å². The summed E-state index contributed by atoms with van der Waals surface area (Å²) in [5.41, 5.74) is 1.94. The molecule has 1 amide bonds. The van der Waals surface area contributed by atoms with Crippen LogP contribution in [0.15, 0.2) is 24.4 Å². The van der Waals surface area contributed by atoms with E-state index >= 15 is 0 Å². The van der Waals surface area contributed by atoms with Crippen molar-refractivity contribution < 1.29 is 14.6 Å². The van der Waals surface area contributed by atoms with Gasteiger partial charge in [0.1, 0.15) is 0 Å². The zero-order chi connectivity index (χ0) is 15.6. The van der Waals surface area contributed by atoms with Crippen molar-refractivity contribution in [1.82, 2.24) is 14.9 Å². The molecule has 2 aromatic heterocycles. The van der Waals surface area contributed by atoms with Crippen LogP contribution in [0.4, 0.5) is 0 Å². The van der Waals surface area contributed by atoms with E-state index in [9.17, 15) is 9.90 Å². The molecule has 22 heavy (non-hydrogen) atoms. The first-order valence-electron chi connectivity index (χ1n) is 7.55. The van der Waals surface area contributed by atoms with Crippen LogP contribution in [0.25, 0.3) is 5.52 Å². The summed E-state index contributed by atoms with van der Waals surface area (Å²) in [4.78, 5) is 12.4. The van der Waals surface area contributed by atoms with Gasteiger partial charge in [0.05, 0.1) is 30.5 Å². The van der Waals surface area contributed by atoms with Gasteiger partial charge in [-0.25, -0.2) is 4.52 Å². The third kappa shape index (κ3) is 2.71. The Bertz CT molecular complexity index is 674. The molecule has 118 valence electrons. The van der Waals surface area contributed by atoms with Gasteiger partial charge in [0.2, 0.25) is 0 Å². The molecule has 0 aromatic carbocycles. The third-order valence-corrected chi connectivity index (χ3v) is 4.34. The van der Waals surface area contributed by atoms with Crippen molar-refractivity contribution in [2.45, 2.75) is 19.8 Å². The van der Waals surface area contributed by atoms with E-state index in [2.05, 4.69) is 10.4 Å². The van der Waals surface area contributed by atoms with Gasteiger partial charge in [0.15, 0.2) is 0 Å². The van der Waals surface area contributed by atoms with E-state index in [0.29, 0.717) is 18.7 Å². The maximum absolute atomic E-state index is 12.4. The van der Waals surface area contributed by atoms with E-state index in [-0.39, 0.29) is 17.9 Å². The van der Waals surface area contributed by atoms with Crippen molar-refractivity contribution in [1.29, 1.82) is 0 Å². The van der Waals surface area contributed by atoms with E-state index in [0.717, 1.165) is 30.7 Å². The molecule has 1 saturated heterocycles. The Morgan fingerprint density at radius 1 is 1.55 bits per heavy atom. The lowest BCUT2D eigenvalue weighted by Gasteiger charge is -2.35. The van der Waals surface area contributed by atoms with Crippen LogP contribution in [0, 0.1) is 12.3 Å². The Morgan fingerprint density at radius 2 is 2.41 bits per heavy atom. The molecule has 3 heterocycles. The highest BCUT2D eigenvalue weighted by Crippen LogP contribution is 2.27. The number of nitrogens with zero attached hydrogens (tertiary/aromatic N) is 2. The van der Waals surface area contributed by atoms with Gasteiger partial charge in [-0.05, 0) is 31.9 Å². The number of amides is 1. The van der Waals surface area contributed by atoms with Gasteiger partial charge in [0, 0.05) is 24.3 Å². The number of aliphatic hydroxyl groups excluding tert-OH is 1. The normalized spacial score (nSPS) is 21.9. The van der Waals surface area contributed by atoms with Crippen LogP contribution in [0.2, 0.25) is 0 Å². The maximum Gasteiger partial charge on any atom is 0.255 e. The van der Waals surface area contributed by atoms with E-state index in [1.165, 1.54) is 0 Å². The number of aryl methyl sites for hydroxylation is 1. The standard InChI is InChI=1S/C16H21N3O3/c1-12-4-2-5-14-13(8-18-19(12)14)15(21)17-9-16(10-20)6-3-7-22-11-16/h2,4-5,8,20H,3,6-7,9-11H2,1H3,(H,17,21). The molecule has 0 aliphatic carbocycles. The fourth-order valence-corrected chi connectivity index (χ4v) is 2.92. The van der Waals surface area contributed by atoms with Crippen LogP contribution >= 0.6 is 0 Å². The summed E-state index contributed by atoms with van der Waals surface area (Å²) in [7, 11) is 0. The highest BCUT2D eigenvalue weighted by Gasteiger charge is 2.33. The number of hydrogen-bond donors (Lipinski definition) is 2. The van der Waals surface area contributed by atoms with Crippen molar-refractivity contribution in [3.63, 3.8) is 0 Å². The molecule has 1 aliphatic rings. The number of aromatic nitrogens is 2. The lowest BCUT2D eigenvalue weighted by atomic mass is 9.83. The quantitative estimate of drug-likeness (QED) is 0.889. The van der Waals surface area contributed by atoms with Gasteiger partial charge in [-0.2, -0.15) is 5.10 Å². The minimum atomic E-state index is -0.368. The summed E-state index contributed by atoms with van der Waals surface area (Å²) in [5.74, 6) is -0.168. The Hall–Kier alpha value is -1.92. The van der Waals surface area contributed by atoms with Gasteiger partial charge in [-0.1, -0.05) is 6.07 Å². The van der Waals surface area contributed by atoms with Crippen molar-refractivity contribution in [2.24, 2.45) is 5.41 Å². The molecule has 0 spiro atoms. The number of rotatable bonds is 4. The Balaban J connectivity index is 1.75. The minimum Gasteiger partial charge on any atom is -0.396 e. The molecule has 1 fully saturated rings. The Kier molecular flexibility index (Phi) is 4.13. The first-order valence-corrected chi connectivity index (χ1v) is 7.55. The van der Waals surface area contributed by atoms with Crippen LogP contribution in [-0.4, -0.2) is 47.0 Å². The summed E-state index contributed by atoms with van der Waals surface area (Å²) in [5, 5.41) is 16.8. The number of fused-ring (bicyclic) bond motifs is 1. The topological polar surface area (TPSA) is 75.9 Å². The first kappa shape index (κ1) is 15.0. The highest BCUT2D eigenvalue weighted by atomic mass is 16.5. The zero-order valence-electron chi connectivity index (χ0n) is 12.7. The second-order valence-corrected chi connectivity index (χ2v) is 6.02. The molecule has 6 heteroatoms. The van der Waals surface area contributed by atoms with Crippen LogP contribution in [-0.2, 0) is 4.74 Å². The molecule has 0 radical (unpaired) electrons. The van der Waals surface area contributed by atoms with Crippen LogP contribution < -0.4 is 5.32 Å². The average Bonchev–Trinajstić information content (AvgIpc) is 2.99. The lowest BCUT2D eigenvalue weighted by Crippen LogP contribution is -2.45. The molecule has 1 unspecified atom stereocenters. The van der Waals surface area contributed by atoms with Crippen LogP contribution in [0.5, 0.6) is 0 Å². The molecule has 1 aliphatic heterocycles. The van der Waals surface area contributed by atoms with Crippen molar-refractivity contribution in [2.75, 3.05) is 26.4 Å². The molecule has 0 bridgehead atoms. The highest BCUT2D eigenvalue weighted by molar-refractivity contribution is 6.00. The second-order valence-electron chi connectivity index (χ2n) is 6.02. The van der Waals surface area contributed by atoms with Crippen LogP contribution in [0.1, 0.15) is 28.9 Å². The molecule has 6 nitrogen and oxygen atoms in total. The number of hydrogen-bond acceptors (Lipinski definition) is 4. The molecular formula is C16H21N3O3.